The Morgan fingerprint density at radius 2 is 2.07 bits per heavy atom. The van der Waals surface area contributed by atoms with Crippen LogP contribution in [-0.4, -0.2) is 45.7 Å². The predicted octanol–water partition coefficient (Wildman–Crippen LogP) is 4.16. The Hall–Kier alpha value is -1.83. The van der Waals surface area contributed by atoms with Crippen LogP contribution in [0.3, 0.4) is 0 Å². The summed E-state index contributed by atoms with van der Waals surface area (Å²) in [6, 6.07) is 12.7. The zero-order chi connectivity index (χ0) is 19.3. The molecule has 1 saturated heterocycles. The molecule has 28 heavy (non-hydrogen) atoms. The SMILES string of the molecule is CCn1c(SCC(=O)NCC(c2cccs2)N2CCCC2)nc2ccccc21. The number of para-hydroxylation sites is 2. The Kier molecular flexibility index (Phi) is 6.34. The van der Waals surface area contributed by atoms with E-state index >= 15 is 0 Å². The van der Waals surface area contributed by atoms with Gasteiger partial charge in [-0.3, -0.25) is 9.69 Å². The van der Waals surface area contributed by atoms with Gasteiger partial charge in [-0.05, 0) is 56.4 Å². The molecule has 2 aromatic heterocycles. The molecule has 4 rings (SSSR count). The molecule has 0 spiro atoms. The van der Waals surface area contributed by atoms with Gasteiger partial charge in [0.2, 0.25) is 5.91 Å². The van der Waals surface area contributed by atoms with Crippen molar-refractivity contribution < 1.29 is 4.79 Å². The number of thiophene rings is 1. The summed E-state index contributed by atoms with van der Waals surface area (Å²) in [7, 11) is 0. The van der Waals surface area contributed by atoms with Crippen molar-refractivity contribution in [3.8, 4) is 0 Å². The van der Waals surface area contributed by atoms with E-state index in [9.17, 15) is 4.79 Å². The summed E-state index contributed by atoms with van der Waals surface area (Å²) in [4.78, 5) is 21.1. The van der Waals surface area contributed by atoms with Gasteiger partial charge in [0, 0.05) is 18.0 Å². The first kappa shape index (κ1) is 19.5. The van der Waals surface area contributed by atoms with Gasteiger partial charge in [-0.2, -0.15) is 0 Å². The number of hydrogen-bond donors (Lipinski definition) is 1. The van der Waals surface area contributed by atoms with Crippen molar-refractivity contribution in [2.45, 2.75) is 37.5 Å². The molecule has 3 heterocycles. The molecule has 1 aliphatic rings. The van der Waals surface area contributed by atoms with Crippen LogP contribution in [-0.2, 0) is 11.3 Å². The Balaban J connectivity index is 1.36. The van der Waals surface area contributed by atoms with Gasteiger partial charge in [0.15, 0.2) is 5.16 Å². The van der Waals surface area contributed by atoms with Crippen molar-refractivity contribution >= 4 is 40.0 Å². The Bertz CT molecular complexity index is 916. The molecule has 0 aliphatic carbocycles. The quantitative estimate of drug-likeness (QED) is 0.562. The average molecular weight is 415 g/mol. The van der Waals surface area contributed by atoms with Gasteiger partial charge in [0.25, 0.3) is 0 Å². The van der Waals surface area contributed by atoms with E-state index in [0.717, 1.165) is 35.8 Å². The Morgan fingerprint density at radius 3 is 2.82 bits per heavy atom. The topological polar surface area (TPSA) is 50.2 Å². The summed E-state index contributed by atoms with van der Waals surface area (Å²) >= 11 is 3.29. The number of aryl methyl sites for hydroxylation is 1. The Morgan fingerprint density at radius 1 is 1.25 bits per heavy atom. The molecule has 0 radical (unpaired) electrons. The van der Waals surface area contributed by atoms with Gasteiger partial charge in [-0.25, -0.2) is 4.98 Å². The molecule has 1 aromatic carbocycles. The van der Waals surface area contributed by atoms with Crippen molar-refractivity contribution in [2.75, 3.05) is 25.4 Å². The van der Waals surface area contributed by atoms with Crippen molar-refractivity contribution in [3.63, 3.8) is 0 Å². The lowest BCUT2D eigenvalue weighted by Gasteiger charge is -2.26. The molecule has 1 fully saturated rings. The van der Waals surface area contributed by atoms with Gasteiger partial charge >= 0.3 is 0 Å². The lowest BCUT2D eigenvalue weighted by atomic mass is 10.2. The normalized spacial score (nSPS) is 15.9. The number of thioether (sulfide) groups is 1. The van der Waals surface area contributed by atoms with E-state index in [-0.39, 0.29) is 11.9 Å². The summed E-state index contributed by atoms with van der Waals surface area (Å²) in [6.45, 7) is 5.87. The first-order valence-corrected chi connectivity index (χ1v) is 11.7. The largest absolute Gasteiger partial charge is 0.353 e. The summed E-state index contributed by atoms with van der Waals surface area (Å²) in [5, 5.41) is 6.18. The van der Waals surface area contributed by atoms with Crippen LogP contribution < -0.4 is 5.32 Å². The fraction of sp³-hybridized carbons (Fsp3) is 0.429. The van der Waals surface area contributed by atoms with E-state index in [1.54, 1.807) is 11.3 Å². The van der Waals surface area contributed by atoms with E-state index in [1.165, 1.54) is 29.5 Å². The third-order valence-corrected chi connectivity index (χ3v) is 7.16. The van der Waals surface area contributed by atoms with Gasteiger partial charge in [0.1, 0.15) is 0 Å². The summed E-state index contributed by atoms with van der Waals surface area (Å²) in [5.74, 6) is 0.459. The molecule has 5 nitrogen and oxygen atoms in total. The second kappa shape index (κ2) is 9.11. The second-order valence-corrected chi connectivity index (χ2v) is 8.92. The average Bonchev–Trinajstić information content (AvgIpc) is 3.47. The van der Waals surface area contributed by atoms with Crippen LogP contribution in [0.4, 0.5) is 0 Å². The predicted molar refractivity (Wildman–Crippen MR) is 117 cm³/mol. The zero-order valence-electron chi connectivity index (χ0n) is 16.1. The molecule has 0 saturated carbocycles. The third kappa shape index (κ3) is 4.26. The number of benzene rings is 1. The van der Waals surface area contributed by atoms with E-state index in [0.29, 0.717) is 12.3 Å². The summed E-state index contributed by atoms with van der Waals surface area (Å²) < 4.78 is 2.17. The molecular weight excluding hydrogens is 388 g/mol. The van der Waals surface area contributed by atoms with E-state index in [2.05, 4.69) is 45.3 Å². The molecule has 1 aliphatic heterocycles. The van der Waals surface area contributed by atoms with Gasteiger partial charge < -0.3 is 9.88 Å². The van der Waals surface area contributed by atoms with Crippen molar-refractivity contribution in [2.24, 2.45) is 0 Å². The second-order valence-electron chi connectivity index (χ2n) is 6.99. The number of hydrogen-bond acceptors (Lipinski definition) is 5. The van der Waals surface area contributed by atoms with Crippen LogP contribution in [0.2, 0.25) is 0 Å². The van der Waals surface area contributed by atoms with Crippen molar-refractivity contribution in [1.82, 2.24) is 19.8 Å². The van der Waals surface area contributed by atoms with Crippen LogP contribution >= 0.6 is 23.1 Å². The number of imidazole rings is 1. The van der Waals surface area contributed by atoms with E-state index in [1.807, 2.05) is 18.2 Å². The highest BCUT2D eigenvalue weighted by Crippen LogP contribution is 2.28. The maximum atomic E-state index is 12.5. The minimum absolute atomic E-state index is 0.0699. The van der Waals surface area contributed by atoms with Crippen molar-refractivity contribution in [1.29, 1.82) is 0 Å². The lowest BCUT2D eigenvalue weighted by Crippen LogP contribution is -2.37. The van der Waals surface area contributed by atoms with Gasteiger partial charge in [-0.15, -0.1) is 11.3 Å². The number of fused-ring (bicyclic) bond motifs is 1. The number of carbonyl (C=O) groups is 1. The van der Waals surface area contributed by atoms with Crippen LogP contribution in [0.25, 0.3) is 11.0 Å². The van der Waals surface area contributed by atoms with E-state index in [4.69, 9.17) is 4.98 Å². The maximum absolute atomic E-state index is 12.5. The highest BCUT2D eigenvalue weighted by Gasteiger charge is 2.24. The number of nitrogens with zero attached hydrogens (tertiary/aromatic N) is 3. The molecule has 3 aromatic rings. The van der Waals surface area contributed by atoms with Gasteiger partial charge in [0.05, 0.1) is 22.8 Å². The fourth-order valence-electron chi connectivity index (χ4n) is 3.80. The molecule has 0 bridgehead atoms. The highest BCUT2D eigenvalue weighted by atomic mass is 32.2. The minimum Gasteiger partial charge on any atom is -0.353 e. The Labute approximate surface area is 174 Å². The first-order valence-electron chi connectivity index (χ1n) is 9.88. The third-order valence-electron chi connectivity index (χ3n) is 5.21. The molecule has 1 unspecified atom stereocenters. The zero-order valence-corrected chi connectivity index (χ0v) is 17.8. The number of rotatable bonds is 8. The summed E-state index contributed by atoms with van der Waals surface area (Å²) in [5.41, 5.74) is 2.11. The van der Waals surface area contributed by atoms with Crippen LogP contribution in [0.15, 0.2) is 46.9 Å². The lowest BCUT2D eigenvalue weighted by molar-refractivity contribution is -0.118. The van der Waals surface area contributed by atoms with Crippen LogP contribution in [0.1, 0.15) is 30.7 Å². The molecule has 1 atom stereocenters. The van der Waals surface area contributed by atoms with E-state index < -0.39 is 0 Å². The monoisotopic (exact) mass is 414 g/mol. The molecule has 1 amide bonds. The minimum atomic E-state index is 0.0699. The fourth-order valence-corrected chi connectivity index (χ4v) is 5.57. The van der Waals surface area contributed by atoms with Crippen LogP contribution in [0, 0.1) is 0 Å². The summed E-state index contributed by atoms with van der Waals surface area (Å²) in [6.07, 6.45) is 2.50. The standard InChI is InChI=1S/C21H26N4OS2/c1-2-25-17-9-4-3-8-16(17)23-21(25)28-15-20(26)22-14-18(19-10-7-13-27-19)24-11-5-6-12-24/h3-4,7-10,13,18H,2,5-6,11-12,14-15H2,1H3,(H,22,26). The number of likely N-dealkylation sites (tertiary alicyclic amines) is 1. The number of aromatic nitrogens is 2. The number of carbonyl (C=O) groups excluding carboxylic acids is 1. The number of nitrogens with one attached hydrogen (secondary N) is 1. The number of amides is 1. The van der Waals surface area contributed by atoms with Crippen molar-refractivity contribution in [3.05, 3.63) is 46.7 Å². The molecule has 148 valence electrons. The molecule has 7 heteroatoms. The maximum Gasteiger partial charge on any atom is 0.230 e. The molecular formula is C21H26N4OS2. The first-order chi connectivity index (χ1) is 13.8. The molecule has 1 N–H and O–H groups in total. The smallest absolute Gasteiger partial charge is 0.230 e. The van der Waals surface area contributed by atoms with Crippen LogP contribution in [0.5, 0.6) is 0 Å². The van der Waals surface area contributed by atoms with Gasteiger partial charge in [-0.1, -0.05) is 30.0 Å². The highest BCUT2D eigenvalue weighted by molar-refractivity contribution is 7.99.